The van der Waals surface area contributed by atoms with Gasteiger partial charge >= 0.3 is 0 Å². The summed E-state index contributed by atoms with van der Waals surface area (Å²) in [5.74, 6) is 0.282. The Morgan fingerprint density at radius 2 is 1.80 bits per heavy atom. The van der Waals surface area contributed by atoms with Crippen LogP contribution in [0.3, 0.4) is 0 Å². The summed E-state index contributed by atoms with van der Waals surface area (Å²) in [6.07, 6.45) is 4.79. The molecule has 2 amide bonds. The Morgan fingerprint density at radius 1 is 1.13 bits per heavy atom. The van der Waals surface area contributed by atoms with Gasteiger partial charge in [0.1, 0.15) is 6.04 Å². The van der Waals surface area contributed by atoms with E-state index >= 15 is 0 Å². The van der Waals surface area contributed by atoms with E-state index in [4.69, 9.17) is 0 Å². The lowest BCUT2D eigenvalue weighted by molar-refractivity contribution is -0.135. The summed E-state index contributed by atoms with van der Waals surface area (Å²) in [4.78, 5) is 27.8. The van der Waals surface area contributed by atoms with Crippen LogP contribution in [0.5, 0.6) is 0 Å². The predicted octanol–water partition coefficient (Wildman–Crippen LogP) is 3.76. The lowest BCUT2D eigenvalue weighted by Gasteiger charge is -2.35. The SMILES string of the molecule is CCCn1nccc1C1CCN(C(=O)C(NC(=O)c2ccc(C)cc2)C(C)C)CC1. The second-order valence-corrected chi connectivity index (χ2v) is 8.64. The average molecular weight is 411 g/mol. The van der Waals surface area contributed by atoms with Crippen LogP contribution < -0.4 is 5.32 Å². The average Bonchev–Trinajstić information content (AvgIpc) is 3.20. The van der Waals surface area contributed by atoms with Gasteiger partial charge < -0.3 is 10.2 Å². The molecule has 0 radical (unpaired) electrons. The molecule has 1 fully saturated rings. The van der Waals surface area contributed by atoms with Gasteiger partial charge in [-0.05, 0) is 50.3 Å². The quantitative estimate of drug-likeness (QED) is 0.756. The molecule has 0 spiro atoms. The van der Waals surface area contributed by atoms with Crippen LogP contribution in [0.15, 0.2) is 36.5 Å². The molecule has 1 N–H and O–H groups in total. The normalized spacial score (nSPS) is 16.0. The van der Waals surface area contributed by atoms with Crippen molar-refractivity contribution in [1.29, 1.82) is 0 Å². The summed E-state index contributed by atoms with van der Waals surface area (Å²) >= 11 is 0. The van der Waals surface area contributed by atoms with E-state index in [-0.39, 0.29) is 17.7 Å². The zero-order valence-corrected chi connectivity index (χ0v) is 18.6. The van der Waals surface area contributed by atoms with Gasteiger partial charge in [-0.25, -0.2) is 0 Å². The van der Waals surface area contributed by atoms with Gasteiger partial charge in [-0.2, -0.15) is 5.10 Å². The summed E-state index contributed by atoms with van der Waals surface area (Å²) in [6, 6.07) is 9.02. The number of carbonyl (C=O) groups excluding carboxylic acids is 2. The highest BCUT2D eigenvalue weighted by Crippen LogP contribution is 2.28. The Kier molecular flexibility index (Phi) is 7.29. The number of nitrogens with one attached hydrogen (secondary N) is 1. The molecule has 1 aliphatic rings. The first-order valence-corrected chi connectivity index (χ1v) is 11.1. The van der Waals surface area contributed by atoms with E-state index in [9.17, 15) is 9.59 Å². The van der Waals surface area contributed by atoms with Crippen LogP contribution in [-0.2, 0) is 11.3 Å². The van der Waals surface area contributed by atoms with Crippen molar-refractivity contribution >= 4 is 11.8 Å². The highest BCUT2D eigenvalue weighted by atomic mass is 16.2. The van der Waals surface area contributed by atoms with Crippen molar-refractivity contribution < 1.29 is 9.59 Å². The fourth-order valence-corrected chi connectivity index (χ4v) is 4.12. The smallest absolute Gasteiger partial charge is 0.251 e. The van der Waals surface area contributed by atoms with Crippen molar-refractivity contribution in [3.8, 4) is 0 Å². The monoisotopic (exact) mass is 410 g/mol. The van der Waals surface area contributed by atoms with E-state index in [1.54, 1.807) is 12.1 Å². The molecule has 0 saturated carbocycles. The summed E-state index contributed by atoms with van der Waals surface area (Å²) in [5, 5.41) is 7.41. The van der Waals surface area contributed by atoms with Gasteiger partial charge in [0.25, 0.3) is 5.91 Å². The first kappa shape index (κ1) is 22.1. The fourth-order valence-electron chi connectivity index (χ4n) is 4.12. The summed E-state index contributed by atoms with van der Waals surface area (Å²) in [6.45, 7) is 10.5. The van der Waals surface area contributed by atoms with Gasteiger partial charge in [0.05, 0.1) is 0 Å². The van der Waals surface area contributed by atoms with Crippen LogP contribution in [0, 0.1) is 12.8 Å². The molecule has 1 aromatic heterocycles. The first-order chi connectivity index (χ1) is 14.4. The van der Waals surface area contributed by atoms with Crippen LogP contribution in [-0.4, -0.2) is 45.6 Å². The number of aromatic nitrogens is 2. The molecule has 1 unspecified atom stereocenters. The van der Waals surface area contributed by atoms with Gasteiger partial charge in [-0.3, -0.25) is 14.3 Å². The number of hydrogen-bond donors (Lipinski definition) is 1. The van der Waals surface area contributed by atoms with Gasteiger partial charge in [-0.1, -0.05) is 38.5 Å². The number of hydrogen-bond acceptors (Lipinski definition) is 3. The zero-order chi connectivity index (χ0) is 21.7. The van der Waals surface area contributed by atoms with E-state index in [0.717, 1.165) is 31.4 Å². The lowest BCUT2D eigenvalue weighted by atomic mass is 9.92. The van der Waals surface area contributed by atoms with Gasteiger partial charge in [0.15, 0.2) is 0 Å². The number of nitrogens with zero attached hydrogens (tertiary/aromatic N) is 3. The van der Waals surface area contributed by atoms with E-state index in [1.165, 1.54) is 5.69 Å². The second kappa shape index (κ2) is 9.92. The molecule has 2 aromatic rings. The van der Waals surface area contributed by atoms with Gasteiger partial charge in [-0.15, -0.1) is 0 Å². The molecule has 162 valence electrons. The minimum atomic E-state index is -0.513. The number of piperidine rings is 1. The lowest BCUT2D eigenvalue weighted by Crippen LogP contribution is -2.52. The molecular weight excluding hydrogens is 376 g/mol. The van der Waals surface area contributed by atoms with Crippen molar-refractivity contribution in [2.24, 2.45) is 5.92 Å². The number of likely N-dealkylation sites (tertiary alicyclic amines) is 1. The molecule has 1 saturated heterocycles. The Bertz CT molecular complexity index is 848. The molecular formula is C24H34N4O2. The van der Waals surface area contributed by atoms with E-state index in [2.05, 4.69) is 28.1 Å². The van der Waals surface area contributed by atoms with E-state index in [0.29, 0.717) is 24.6 Å². The van der Waals surface area contributed by atoms with Crippen molar-refractivity contribution in [3.05, 3.63) is 53.3 Å². The molecule has 3 rings (SSSR count). The summed E-state index contributed by atoms with van der Waals surface area (Å²) in [7, 11) is 0. The van der Waals surface area contributed by atoms with Crippen molar-refractivity contribution in [1.82, 2.24) is 20.0 Å². The number of carbonyl (C=O) groups is 2. The fraction of sp³-hybridized carbons (Fsp3) is 0.542. The number of amides is 2. The van der Waals surface area contributed by atoms with Crippen LogP contribution in [0.25, 0.3) is 0 Å². The van der Waals surface area contributed by atoms with Crippen LogP contribution in [0.1, 0.15) is 67.6 Å². The molecule has 1 aliphatic heterocycles. The highest BCUT2D eigenvalue weighted by Gasteiger charge is 2.32. The first-order valence-electron chi connectivity index (χ1n) is 11.1. The standard InChI is InChI=1S/C24H34N4O2/c1-5-14-28-21(10-13-25-28)19-11-15-27(16-12-19)24(30)22(17(2)3)26-23(29)20-8-6-18(4)7-9-20/h6-10,13,17,19,22H,5,11-12,14-16H2,1-4H3,(H,26,29). The number of benzene rings is 1. The molecule has 1 aromatic carbocycles. The van der Waals surface area contributed by atoms with Crippen LogP contribution >= 0.6 is 0 Å². The molecule has 0 bridgehead atoms. The van der Waals surface area contributed by atoms with Crippen LogP contribution in [0.4, 0.5) is 0 Å². The van der Waals surface area contributed by atoms with Gasteiger partial charge in [0.2, 0.25) is 5.91 Å². The Balaban J connectivity index is 1.62. The third-order valence-corrected chi connectivity index (χ3v) is 5.94. The van der Waals surface area contributed by atoms with Gasteiger partial charge in [0, 0.05) is 43.0 Å². The maximum absolute atomic E-state index is 13.2. The maximum atomic E-state index is 13.2. The number of rotatable bonds is 7. The van der Waals surface area contributed by atoms with Crippen LogP contribution in [0.2, 0.25) is 0 Å². The minimum Gasteiger partial charge on any atom is -0.341 e. The highest BCUT2D eigenvalue weighted by molar-refractivity contribution is 5.97. The molecule has 2 heterocycles. The van der Waals surface area contributed by atoms with E-state index in [1.807, 2.05) is 44.0 Å². The molecule has 6 heteroatoms. The predicted molar refractivity (Wildman–Crippen MR) is 118 cm³/mol. The second-order valence-electron chi connectivity index (χ2n) is 8.64. The van der Waals surface area contributed by atoms with Crippen molar-refractivity contribution in [3.63, 3.8) is 0 Å². The third kappa shape index (κ3) is 5.10. The molecule has 0 aliphatic carbocycles. The summed E-state index contributed by atoms with van der Waals surface area (Å²) in [5.41, 5.74) is 2.96. The minimum absolute atomic E-state index is 0.0194. The Labute approximate surface area is 179 Å². The molecule has 6 nitrogen and oxygen atoms in total. The topological polar surface area (TPSA) is 67.2 Å². The Morgan fingerprint density at radius 3 is 2.40 bits per heavy atom. The molecule has 30 heavy (non-hydrogen) atoms. The third-order valence-electron chi connectivity index (χ3n) is 5.94. The zero-order valence-electron chi connectivity index (χ0n) is 18.6. The van der Waals surface area contributed by atoms with Crippen molar-refractivity contribution in [2.75, 3.05) is 13.1 Å². The molecule has 1 atom stereocenters. The number of aryl methyl sites for hydroxylation is 2. The Hall–Kier alpha value is -2.63. The summed E-state index contributed by atoms with van der Waals surface area (Å²) < 4.78 is 2.10. The largest absolute Gasteiger partial charge is 0.341 e. The van der Waals surface area contributed by atoms with E-state index < -0.39 is 6.04 Å². The maximum Gasteiger partial charge on any atom is 0.251 e. The van der Waals surface area contributed by atoms with Crippen molar-refractivity contribution in [2.45, 2.75) is 65.5 Å².